The van der Waals surface area contributed by atoms with E-state index in [9.17, 15) is 0 Å². The third-order valence-electron chi connectivity index (χ3n) is 3.34. The van der Waals surface area contributed by atoms with Gasteiger partial charge in [-0.1, -0.05) is 61.6 Å². The van der Waals surface area contributed by atoms with Crippen LogP contribution in [0.4, 0.5) is 0 Å². The van der Waals surface area contributed by atoms with Crippen molar-refractivity contribution in [3.63, 3.8) is 0 Å². The minimum atomic E-state index is -0.464. The fourth-order valence-corrected chi connectivity index (χ4v) is 2.20. The van der Waals surface area contributed by atoms with Crippen LogP contribution in [-0.2, 0) is 11.2 Å². The van der Waals surface area contributed by atoms with Gasteiger partial charge in [0.25, 0.3) is 0 Å². The molecule has 2 rings (SSSR count). The Morgan fingerprint density at radius 1 is 1.26 bits per heavy atom. The van der Waals surface area contributed by atoms with Gasteiger partial charge in [-0.25, -0.2) is 0 Å². The van der Waals surface area contributed by atoms with Gasteiger partial charge in [0.15, 0.2) is 5.60 Å². The molecule has 0 spiro atoms. The van der Waals surface area contributed by atoms with Crippen LogP contribution in [0.5, 0.6) is 0 Å². The van der Waals surface area contributed by atoms with Crippen molar-refractivity contribution in [3.8, 4) is 11.8 Å². The smallest absolute Gasteiger partial charge is 0.150 e. The third-order valence-corrected chi connectivity index (χ3v) is 3.34. The number of methoxy groups -OCH3 is 1. The number of hydrogen-bond donors (Lipinski definition) is 0. The molecule has 1 aliphatic carbocycles. The van der Waals surface area contributed by atoms with E-state index in [2.05, 4.69) is 43.0 Å². The summed E-state index contributed by atoms with van der Waals surface area (Å²) in [5.41, 5.74) is 1.97. The molecule has 19 heavy (non-hydrogen) atoms. The zero-order chi connectivity index (χ0) is 13.6. The van der Waals surface area contributed by atoms with Gasteiger partial charge in [0.1, 0.15) is 0 Å². The first-order chi connectivity index (χ1) is 9.29. The molecule has 1 aliphatic rings. The summed E-state index contributed by atoms with van der Waals surface area (Å²) in [5.74, 6) is 6.59. The number of aryl methyl sites for hydroxylation is 1. The highest BCUT2D eigenvalue weighted by Crippen LogP contribution is 2.21. The SMILES string of the molecule is CCCc1ccccc1C#CC1(OC)C=CC=CC1. The van der Waals surface area contributed by atoms with Crippen LogP contribution < -0.4 is 0 Å². The molecule has 1 atom stereocenters. The summed E-state index contributed by atoms with van der Waals surface area (Å²) in [7, 11) is 1.72. The van der Waals surface area contributed by atoms with Crippen molar-refractivity contribution in [2.24, 2.45) is 0 Å². The Balaban J connectivity index is 2.28. The van der Waals surface area contributed by atoms with E-state index in [0.29, 0.717) is 0 Å². The zero-order valence-electron chi connectivity index (χ0n) is 11.6. The van der Waals surface area contributed by atoms with Crippen LogP contribution in [0.3, 0.4) is 0 Å². The Hall–Kier alpha value is -1.78. The van der Waals surface area contributed by atoms with Gasteiger partial charge in [-0.3, -0.25) is 0 Å². The molecule has 0 saturated heterocycles. The summed E-state index contributed by atoms with van der Waals surface area (Å²) in [6.07, 6.45) is 11.2. The average molecular weight is 252 g/mol. The second kappa shape index (κ2) is 6.41. The highest BCUT2D eigenvalue weighted by Gasteiger charge is 2.23. The van der Waals surface area contributed by atoms with Crippen LogP contribution in [0.15, 0.2) is 48.6 Å². The van der Waals surface area contributed by atoms with Gasteiger partial charge in [-0.05, 0) is 24.1 Å². The molecule has 0 fully saturated rings. The molecule has 98 valence electrons. The number of allylic oxidation sites excluding steroid dienone is 2. The van der Waals surface area contributed by atoms with Gasteiger partial charge in [-0.2, -0.15) is 0 Å². The number of rotatable bonds is 3. The third kappa shape index (κ3) is 3.36. The lowest BCUT2D eigenvalue weighted by molar-refractivity contribution is 0.0843. The molecule has 1 aromatic carbocycles. The lowest BCUT2D eigenvalue weighted by Crippen LogP contribution is -2.27. The summed E-state index contributed by atoms with van der Waals surface area (Å²) in [4.78, 5) is 0. The predicted octanol–water partition coefficient (Wildman–Crippen LogP) is 3.89. The molecule has 0 amide bonds. The van der Waals surface area contributed by atoms with E-state index in [1.54, 1.807) is 7.11 Å². The Morgan fingerprint density at radius 2 is 2.11 bits per heavy atom. The zero-order valence-corrected chi connectivity index (χ0v) is 11.6. The minimum Gasteiger partial charge on any atom is -0.362 e. The average Bonchev–Trinajstić information content (AvgIpc) is 2.48. The van der Waals surface area contributed by atoms with E-state index in [1.165, 1.54) is 5.56 Å². The standard InChI is InChI=1S/C18H20O/c1-3-9-16-10-5-6-11-17(16)12-15-18(19-2)13-7-4-8-14-18/h4-8,10-11,13H,3,9,14H2,1-2H3. The van der Waals surface area contributed by atoms with Crippen LogP contribution >= 0.6 is 0 Å². The van der Waals surface area contributed by atoms with Crippen molar-refractivity contribution >= 4 is 0 Å². The van der Waals surface area contributed by atoms with Crippen LogP contribution in [0.2, 0.25) is 0 Å². The first kappa shape index (κ1) is 13.6. The molecule has 0 bridgehead atoms. The van der Waals surface area contributed by atoms with E-state index < -0.39 is 5.60 Å². The molecule has 0 radical (unpaired) electrons. The van der Waals surface area contributed by atoms with Gasteiger partial charge in [0.2, 0.25) is 0 Å². The molecule has 0 heterocycles. The molecule has 0 aliphatic heterocycles. The highest BCUT2D eigenvalue weighted by atomic mass is 16.5. The van der Waals surface area contributed by atoms with E-state index in [4.69, 9.17) is 4.74 Å². The number of hydrogen-bond acceptors (Lipinski definition) is 1. The second-order valence-corrected chi connectivity index (χ2v) is 4.74. The molecule has 0 N–H and O–H groups in total. The normalized spacial score (nSPS) is 20.9. The van der Waals surface area contributed by atoms with Gasteiger partial charge in [0, 0.05) is 19.1 Å². The molecule has 1 aromatic rings. The minimum absolute atomic E-state index is 0.464. The molecule has 1 nitrogen and oxygen atoms in total. The summed E-state index contributed by atoms with van der Waals surface area (Å²) in [5, 5.41) is 0. The monoisotopic (exact) mass is 252 g/mol. The highest BCUT2D eigenvalue weighted by molar-refractivity contribution is 5.44. The molecule has 0 saturated carbocycles. The molecule has 1 heteroatoms. The number of ether oxygens (including phenoxy) is 1. The van der Waals surface area contributed by atoms with E-state index >= 15 is 0 Å². The summed E-state index contributed by atoms with van der Waals surface area (Å²) in [6.45, 7) is 2.19. The Morgan fingerprint density at radius 3 is 2.79 bits per heavy atom. The maximum atomic E-state index is 5.59. The fraction of sp³-hybridized carbons (Fsp3) is 0.333. The van der Waals surface area contributed by atoms with Gasteiger partial charge in [-0.15, -0.1) is 0 Å². The topological polar surface area (TPSA) is 9.23 Å². The van der Waals surface area contributed by atoms with Crippen LogP contribution in [0, 0.1) is 11.8 Å². The molecule has 0 aromatic heterocycles. The lowest BCUT2D eigenvalue weighted by Gasteiger charge is -2.23. The van der Waals surface area contributed by atoms with Gasteiger partial charge >= 0.3 is 0 Å². The maximum absolute atomic E-state index is 5.59. The Kier molecular flexibility index (Phi) is 4.60. The van der Waals surface area contributed by atoms with Crippen molar-refractivity contribution in [2.75, 3.05) is 7.11 Å². The summed E-state index contributed by atoms with van der Waals surface area (Å²) < 4.78 is 5.59. The van der Waals surface area contributed by atoms with Crippen molar-refractivity contribution in [1.82, 2.24) is 0 Å². The van der Waals surface area contributed by atoms with E-state index in [0.717, 1.165) is 24.8 Å². The molecular weight excluding hydrogens is 232 g/mol. The predicted molar refractivity (Wildman–Crippen MR) is 80.0 cm³/mol. The van der Waals surface area contributed by atoms with Crippen molar-refractivity contribution in [3.05, 3.63) is 59.7 Å². The summed E-state index contributed by atoms with van der Waals surface area (Å²) >= 11 is 0. The summed E-state index contributed by atoms with van der Waals surface area (Å²) in [6, 6.07) is 8.36. The van der Waals surface area contributed by atoms with E-state index in [1.807, 2.05) is 24.3 Å². The van der Waals surface area contributed by atoms with Crippen LogP contribution in [-0.4, -0.2) is 12.7 Å². The van der Waals surface area contributed by atoms with Crippen LogP contribution in [0.1, 0.15) is 30.9 Å². The quantitative estimate of drug-likeness (QED) is 0.741. The molecular formula is C18H20O. The Bertz CT molecular complexity index is 542. The van der Waals surface area contributed by atoms with Crippen molar-refractivity contribution in [1.29, 1.82) is 0 Å². The van der Waals surface area contributed by atoms with Crippen molar-refractivity contribution in [2.45, 2.75) is 31.8 Å². The largest absolute Gasteiger partial charge is 0.362 e. The van der Waals surface area contributed by atoms with Crippen LogP contribution in [0.25, 0.3) is 0 Å². The van der Waals surface area contributed by atoms with Gasteiger partial charge in [0.05, 0.1) is 0 Å². The van der Waals surface area contributed by atoms with E-state index in [-0.39, 0.29) is 0 Å². The first-order valence-corrected chi connectivity index (χ1v) is 6.80. The Labute approximate surface area is 116 Å². The molecule has 1 unspecified atom stereocenters. The first-order valence-electron chi connectivity index (χ1n) is 6.80. The lowest BCUT2D eigenvalue weighted by atomic mass is 9.94. The van der Waals surface area contributed by atoms with Crippen molar-refractivity contribution < 1.29 is 4.74 Å². The maximum Gasteiger partial charge on any atom is 0.150 e. The fourth-order valence-electron chi connectivity index (χ4n) is 2.20. The number of benzene rings is 1. The second-order valence-electron chi connectivity index (χ2n) is 4.74. The van der Waals surface area contributed by atoms with Gasteiger partial charge < -0.3 is 4.74 Å².